The number of halogens is 3. The van der Waals surface area contributed by atoms with E-state index in [2.05, 4.69) is 4.98 Å². The Labute approximate surface area is 110 Å². The van der Waals surface area contributed by atoms with Crippen LogP contribution in [0.1, 0.15) is 39.7 Å². The Balaban J connectivity index is 2.32. The molecular weight excluding hydrogens is 258 g/mol. The Morgan fingerprint density at radius 3 is 2.16 bits per heavy atom. The summed E-state index contributed by atoms with van der Waals surface area (Å²) in [5, 5.41) is 0. The van der Waals surface area contributed by atoms with Crippen LogP contribution < -0.4 is 5.46 Å². The molecule has 104 valence electrons. The minimum absolute atomic E-state index is 0.287. The first kappa shape index (κ1) is 14.3. The Morgan fingerprint density at radius 1 is 1.16 bits per heavy atom. The summed E-state index contributed by atoms with van der Waals surface area (Å²) in [6.07, 6.45) is -1.77. The monoisotopic (exact) mass is 273 g/mol. The first-order valence-corrected chi connectivity index (χ1v) is 5.93. The van der Waals surface area contributed by atoms with Crippen molar-refractivity contribution < 1.29 is 22.5 Å². The van der Waals surface area contributed by atoms with Crippen molar-refractivity contribution in [3.05, 3.63) is 23.8 Å². The lowest BCUT2D eigenvalue weighted by molar-refractivity contribution is 0.00578. The van der Waals surface area contributed by atoms with Crippen LogP contribution >= 0.6 is 0 Å². The second-order valence-electron chi connectivity index (χ2n) is 5.54. The molecule has 3 nitrogen and oxygen atoms in total. The first-order chi connectivity index (χ1) is 8.64. The highest BCUT2D eigenvalue weighted by Crippen LogP contribution is 2.36. The SMILES string of the molecule is CC1(C)OB(c2cnc(F)c(C(F)F)c2)OC1(C)C. The van der Waals surface area contributed by atoms with Crippen LogP contribution in [-0.2, 0) is 9.31 Å². The maximum Gasteiger partial charge on any atom is 0.496 e. The smallest absolute Gasteiger partial charge is 0.399 e. The van der Waals surface area contributed by atoms with Crippen LogP contribution in [0.5, 0.6) is 0 Å². The van der Waals surface area contributed by atoms with Gasteiger partial charge < -0.3 is 9.31 Å². The summed E-state index contributed by atoms with van der Waals surface area (Å²) in [7, 11) is -0.824. The molecule has 1 saturated heterocycles. The topological polar surface area (TPSA) is 31.4 Å². The molecule has 1 aliphatic rings. The zero-order valence-electron chi connectivity index (χ0n) is 11.2. The van der Waals surface area contributed by atoms with Gasteiger partial charge in [0.2, 0.25) is 5.95 Å². The molecule has 1 aliphatic heterocycles. The summed E-state index contributed by atoms with van der Waals surface area (Å²) in [5.41, 5.74) is -1.63. The normalized spacial score (nSPS) is 21.2. The van der Waals surface area contributed by atoms with Crippen LogP contribution in [-0.4, -0.2) is 23.3 Å². The first-order valence-electron chi connectivity index (χ1n) is 5.93. The van der Waals surface area contributed by atoms with Crippen LogP contribution in [0.2, 0.25) is 0 Å². The summed E-state index contributed by atoms with van der Waals surface area (Å²) < 4.78 is 49.8. The molecule has 2 heterocycles. The minimum Gasteiger partial charge on any atom is -0.399 e. The van der Waals surface area contributed by atoms with E-state index in [0.717, 1.165) is 12.3 Å². The van der Waals surface area contributed by atoms with Gasteiger partial charge in [-0.15, -0.1) is 0 Å². The van der Waals surface area contributed by atoms with E-state index >= 15 is 0 Å². The van der Waals surface area contributed by atoms with Gasteiger partial charge in [0.15, 0.2) is 0 Å². The Kier molecular flexibility index (Phi) is 3.39. The van der Waals surface area contributed by atoms with Crippen molar-refractivity contribution in [1.82, 2.24) is 4.98 Å². The Morgan fingerprint density at radius 2 is 1.68 bits per heavy atom. The van der Waals surface area contributed by atoms with Gasteiger partial charge in [-0.25, -0.2) is 13.8 Å². The number of rotatable bonds is 2. The van der Waals surface area contributed by atoms with Gasteiger partial charge in [0, 0.05) is 11.7 Å². The van der Waals surface area contributed by atoms with Crippen LogP contribution in [0.15, 0.2) is 12.3 Å². The standard InChI is InChI=1S/C12H15BF3NO2/c1-11(2)12(3,4)19-13(18-11)7-5-8(9(14)15)10(16)17-6-7/h5-6,9H,1-4H3. The molecular formula is C12H15BF3NO2. The van der Waals surface area contributed by atoms with E-state index in [0.29, 0.717) is 0 Å². The average Bonchev–Trinajstić information content (AvgIpc) is 2.48. The molecule has 0 amide bonds. The van der Waals surface area contributed by atoms with Crippen molar-refractivity contribution in [1.29, 1.82) is 0 Å². The third kappa shape index (κ3) is 2.49. The molecule has 0 unspecified atom stereocenters. The lowest BCUT2D eigenvalue weighted by atomic mass is 9.80. The van der Waals surface area contributed by atoms with E-state index in [9.17, 15) is 13.2 Å². The lowest BCUT2D eigenvalue weighted by Gasteiger charge is -2.32. The third-order valence-electron chi connectivity index (χ3n) is 3.65. The molecule has 0 radical (unpaired) electrons. The summed E-state index contributed by atoms with van der Waals surface area (Å²) in [5.74, 6) is -1.17. The van der Waals surface area contributed by atoms with Gasteiger partial charge in [-0.2, -0.15) is 4.39 Å². The van der Waals surface area contributed by atoms with Crippen molar-refractivity contribution in [2.45, 2.75) is 45.3 Å². The van der Waals surface area contributed by atoms with E-state index in [4.69, 9.17) is 9.31 Å². The van der Waals surface area contributed by atoms with Crippen LogP contribution in [0.3, 0.4) is 0 Å². The van der Waals surface area contributed by atoms with Crippen molar-refractivity contribution in [2.24, 2.45) is 0 Å². The molecule has 0 bridgehead atoms. The average molecular weight is 273 g/mol. The molecule has 19 heavy (non-hydrogen) atoms. The van der Waals surface area contributed by atoms with Crippen LogP contribution in [0, 0.1) is 5.95 Å². The predicted octanol–water partition coefficient (Wildman–Crippen LogP) is 2.46. The van der Waals surface area contributed by atoms with E-state index in [-0.39, 0.29) is 5.46 Å². The van der Waals surface area contributed by atoms with Gasteiger partial charge in [-0.1, -0.05) is 0 Å². The quantitative estimate of drug-likeness (QED) is 0.612. The molecule has 0 spiro atoms. The van der Waals surface area contributed by atoms with Crippen molar-refractivity contribution >= 4 is 12.6 Å². The van der Waals surface area contributed by atoms with Crippen LogP contribution in [0.4, 0.5) is 13.2 Å². The molecule has 0 N–H and O–H groups in total. The van der Waals surface area contributed by atoms with Gasteiger partial charge in [0.1, 0.15) is 0 Å². The number of nitrogens with zero attached hydrogens (tertiary/aromatic N) is 1. The largest absolute Gasteiger partial charge is 0.496 e. The number of pyridine rings is 1. The van der Waals surface area contributed by atoms with Crippen molar-refractivity contribution in [3.8, 4) is 0 Å². The fourth-order valence-corrected chi connectivity index (χ4v) is 1.74. The predicted molar refractivity (Wildman–Crippen MR) is 64.9 cm³/mol. The highest BCUT2D eigenvalue weighted by molar-refractivity contribution is 6.62. The molecule has 0 aromatic carbocycles. The Hall–Kier alpha value is -1.08. The molecule has 0 saturated carbocycles. The molecule has 2 rings (SSSR count). The van der Waals surface area contributed by atoms with Gasteiger partial charge in [0.25, 0.3) is 6.43 Å². The van der Waals surface area contributed by atoms with Gasteiger partial charge >= 0.3 is 7.12 Å². The van der Waals surface area contributed by atoms with Gasteiger partial charge in [0.05, 0.1) is 16.8 Å². The summed E-state index contributed by atoms with van der Waals surface area (Å²) in [6.45, 7) is 7.38. The number of hydrogen-bond donors (Lipinski definition) is 0. The fraction of sp³-hybridized carbons (Fsp3) is 0.583. The second kappa shape index (κ2) is 4.49. The molecule has 1 aromatic rings. The van der Waals surface area contributed by atoms with E-state index in [1.54, 1.807) is 0 Å². The lowest BCUT2D eigenvalue weighted by Crippen LogP contribution is -2.41. The molecule has 1 aromatic heterocycles. The zero-order chi connectivity index (χ0) is 14.4. The van der Waals surface area contributed by atoms with Crippen molar-refractivity contribution in [3.63, 3.8) is 0 Å². The number of aromatic nitrogens is 1. The third-order valence-corrected chi connectivity index (χ3v) is 3.65. The van der Waals surface area contributed by atoms with Gasteiger partial charge in [-0.05, 0) is 33.8 Å². The molecule has 0 aliphatic carbocycles. The summed E-state index contributed by atoms with van der Waals surface area (Å²) in [4.78, 5) is 3.33. The molecule has 1 fully saturated rings. The highest BCUT2D eigenvalue weighted by Gasteiger charge is 2.52. The van der Waals surface area contributed by atoms with Crippen molar-refractivity contribution in [2.75, 3.05) is 0 Å². The molecule has 0 atom stereocenters. The van der Waals surface area contributed by atoms with Crippen LogP contribution in [0.25, 0.3) is 0 Å². The maximum atomic E-state index is 13.1. The van der Waals surface area contributed by atoms with Gasteiger partial charge in [-0.3, -0.25) is 0 Å². The van der Waals surface area contributed by atoms with E-state index in [1.165, 1.54) is 0 Å². The van der Waals surface area contributed by atoms with E-state index < -0.39 is 36.3 Å². The van der Waals surface area contributed by atoms with E-state index in [1.807, 2.05) is 27.7 Å². The highest BCUT2D eigenvalue weighted by atomic mass is 19.3. The molecule has 7 heteroatoms. The zero-order valence-corrected chi connectivity index (χ0v) is 11.2. The summed E-state index contributed by atoms with van der Waals surface area (Å²) in [6, 6.07) is 1.04. The fourth-order valence-electron chi connectivity index (χ4n) is 1.74. The summed E-state index contributed by atoms with van der Waals surface area (Å²) >= 11 is 0. The minimum atomic E-state index is -2.92. The number of hydrogen-bond acceptors (Lipinski definition) is 3. The Bertz CT molecular complexity index is 478. The maximum absolute atomic E-state index is 13.1. The number of alkyl halides is 2. The second-order valence-corrected chi connectivity index (χ2v) is 5.54.